The monoisotopic (exact) mass is 467 g/mol. The highest BCUT2D eigenvalue weighted by molar-refractivity contribution is 9.10. The lowest BCUT2D eigenvalue weighted by Gasteiger charge is -2.38. The summed E-state index contributed by atoms with van der Waals surface area (Å²) >= 11 is 3.41. The lowest BCUT2D eigenvalue weighted by atomic mass is 9.94. The summed E-state index contributed by atoms with van der Waals surface area (Å²) in [6, 6.07) is 7.02. The summed E-state index contributed by atoms with van der Waals surface area (Å²) < 4.78 is 16.6. The van der Waals surface area contributed by atoms with E-state index in [-0.39, 0.29) is 44.0 Å². The molecule has 158 valence electrons. The van der Waals surface area contributed by atoms with Crippen LogP contribution in [0.5, 0.6) is 0 Å². The Morgan fingerprint density at radius 3 is 2.07 bits per heavy atom. The van der Waals surface area contributed by atoms with E-state index in [2.05, 4.69) is 15.9 Å². The zero-order valence-corrected chi connectivity index (χ0v) is 18.5. The first-order valence-electron chi connectivity index (χ1n) is 9.50. The van der Waals surface area contributed by atoms with Crippen molar-refractivity contribution in [3.63, 3.8) is 0 Å². The lowest BCUT2D eigenvalue weighted by Crippen LogP contribution is -2.47. The number of carbonyl (C=O) groups is 3. The molecule has 1 heterocycles. The second-order valence-corrected chi connectivity index (χ2v) is 7.50. The van der Waals surface area contributed by atoms with Crippen molar-refractivity contribution in [3.05, 3.63) is 39.9 Å². The van der Waals surface area contributed by atoms with Crippen molar-refractivity contribution in [2.75, 3.05) is 31.8 Å². The molecule has 1 atom stereocenters. The molecule has 0 spiro atoms. The van der Waals surface area contributed by atoms with Gasteiger partial charge >= 0.3 is 17.9 Å². The number of hydrogen-bond acceptors (Lipinski definition) is 7. The molecule has 1 aliphatic rings. The molecule has 0 amide bonds. The molecule has 2 rings (SSSR count). The van der Waals surface area contributed by atoms with Gasteiger partial charge in [-0.1, -0.05) is 29.8 Å². The number of ether oxygens (including phenoxy) is 3. The molecule has 1 aliphatic heterocycles. The van der Waals surface area contributed by atoms with Crippen LogP contribution in [-0.4, -0.2) is 50.8 Å². The SMILES string of the molecule is CCC(=O)OCC1=C(COC(=O)CC)CN(c2ccc(Br)cc2)[C@H](C(=O)OC)C1. The van der Waals surface area contributed by atoms with Gasteiger partial charge in [-0.25, -0.2) is 4.79 Å². The number of hydrogen-bond donors (Lipinski definition) is 0. The van der Waals surface area contributed by atoms with Gasteiger partial charge in [0.25, 0.3) is 0 Å². The fourth-order valence-corrected chi connectivity index (χ4v) is 3.28. The smallest absolute Gasteiger partial charge is 0.328 e. The molecule has 1 aromatic carbocycles. The number of methoxy groups -OCH3 is 1. The van der Waals surface area contributed by atoms with Crippen LogP contribution in [0.4, 0.5) is 5.69 Å². The molecule has 0 fully saturated rings. The number of esters is 3. The molecule has 0 saturated heterocycles. The summed E-state index contributed by atoms with van der Waals surface area (Å²) in [5, 5.41) is 0. The molecule has 0 bridgehead atoms. The highest BCUT2D eigenvalue weighted by atomic mass is 79.9. The van der Waals surface area contributed by atoms with E-state index in [1.165, 1.54) is 7.11 Å². The molecular weight excluding hydrogens is 442 g/mol. The van der Waals surface area contributed by atoms with Gasteiger partial charge in [0, 0.05) is 36.0 Å². The average molecular weight is 468 g/mol. The van der Waals surface area contributed by atoms with Crippen LogP contribution < -0.4 is 4.90 Å². The lowest BCUT2D eigenvalue weighted by molar-refractivity contribution is -0.144. The highest BCUT2D eigenvalue weighted by Gasteiger charge is 2.34. The van der Waals surface area contributed by atoms with E-state index in [9.17, 15) is 14.4 Å². The van der Waals surface area contributed by atoms with E-state index in [0.29, 0.717) is 13.0 Å². The van der Waals surface area contributed by atoms with E-state index in [0.717, 1.165) is 21.3 Å². The number of anilines is 1. The molecule has 0 aromatic heterocycles. The Morgan fingerprint density at radius 2 is 1.55 bits per heavy atom. The Morgan fingerprint density at radius 1 is 1.00 bits per heavy atom. The predicted octanol–water partition coefficient (Wildman–Crippen LogP) is 3.40. The van der Waals surface area contributed by atoms with E-state index in [1.54, 1.807) is 13.8 Å². The Bertz CT molecular complexity index is 774. The van der Waals surface area contributed by atoms with Crippen molar-refractivity contribution in [1.82, 2.24) is 0 Å². The highest BCUT2D eigenvalue weighted by Crippen LogP contribution is 2.30. The summed E-state index contributed by atoms with van der Waals surface area (Å²) in [6.45, 7) is 3.95. The van der Waals surface area contributed by atoms with Crippen molar-refractivity contribution in [2.45, 2.75) is 39.2 Å². The maximum absolute atomic E-state index is 12.5. The second kappa shape index (κ2) is 11.0. The van der Waals surface area contributed by atoms with Gasteiger partial charge in [0.05, 0.1) is 7.11 Å². The van der Waals surface area contributed by atoms with Gasteiger partial charge in [0.2, 0.25) is 0 Å². The topological polar surface area (TPSA) is 82.1 Å². The van der Waals surface area contributed by atoms with Gasteiger partial charge < -0.3 is 19.1 Å². The van der Waals surface area contributed by atoms with Gasteiger partial charge in [-0.3, -0.25) is 9.59 Å². The Balaban J connectivity index is 2.35. The first-order chi connectivity index (χ1) is 13.9. The van der Waals surface area contributed by atoms with E-state index in [1.807, 2.05) is 29.2 Å². The van der Waals surface area contributed by atoms with Crippen LogP contribution in [0, 0.1) is 0 Å². The van der Waals surface area contributed by atoms with Gasteiger partial charge in [0.1, 0.15) is 19.3 Å². The third-order valence-electron chi connectivity index (χ3n) is 4.70. The molecule has 0 unspecified atom stereocenters. The summed E-state index contributed by atoms with van der Waals surface area (Å²) in [7, 11) is 1.35. The summed E-state index contributed by atoms with van der Waals surface area (Å²) in [5.41, 5.74) is 2.44. The zero-order valence-electron chi connectivity index (χ0n) is 16.9. The van der Waals surface area contributed by atoms with Crippen molar-refractivity contribution in [3.8, 4) is 0 Å². The zero-order chi connectivity index (χ0) is 21.4. The van der Waals surface area contributed by atoms with Crippen LogP contribution in [0.15, 0.2) is 39.9 Å². The van der Waals surface area contributed by atoms with Crippen molar-refractivity contribution in [2.24, 2.45) is 0 Å². The second-order valence-electron chi connectivity index (χ2n) is 6.58. The number of benzene rings is 1. The minimum absolute atomic E-state index is 0.0629. The number of rotatable bonds is 8. The fourth-order valence-electron chi connectivity index (χ4n) is 3.01. The molecule has 0 radical (unpaired) electrons. The molecule has 8 heteroatoms. The first-order valence-corrected chi connectivity index (χ1v) is 10.3. The maximum Gasteiger partial charge on any atom is 0.328 e. The van der Waals surface area contributed by atoms with Gasteiger partial charge in [0.15, 0.2) is 0 Å². The molecular formula is C21H26BrNO6. The predicted molar refractivity (Wildman–Crippen MR) is 111 cm³/mol. The number of halogens is 1. The van der Waals surface area contributed by atoms with E-state index in [4.69, 9.17) is 14.2 Å². The number of carbonyl (C=O) groups excluding carboxylic acids is 3. The largest absolute Gasteiger partial charge is 0.467 e. The molecule has 7 nitrogen and oxygen atoms in total. The third kappa shape index (κ3) is 6.32. The van der Waals surface area contributed by atoms with Gasteiger partial charge in [-0.05, 0) is 35.4 Å². The van der Waals surface area contributed by atoms with Crippen LogP contribution in [0.1, 0.15) is 33.1 Å². The standard InChI is InChI=1S/C21H26BrNO6/c1-4-19(24)28-12-14-10-18(21(26)27-3)23(17-8-6-16(22)7-9-17)11-15(14)13-29-20(25)5-2/h6-9,18H,4-5,10-13H2,1-3H3/t18-/m0/s1. The van der Waals surface area contributed by atoms with Crippen LogP contribution in [-0.2, 0) is 28.6 Å². The summed E-state index contributed by atoms with van der Waals surface area (Å²) in [5.74, 6) is -1.02. The van der Waals surface area contributed by atoms with Crippen LogP contribution in [0.3, 0.4) is 0 Å². The van der Waals surface area contributed by atoms with Crippen LogP contribution in [0.25, 0.3) is 0 Å². The fraction of sp³-hybridized carbons (Fsp3) is 0.476. The Hall–Kier alpha value is -2.35. The number of nitrogens with zero attached hydrogens (tertiary/aromatic N) is 1. The van der Waals surface area contributed by atoms with E-state index >= 15 is 0 Å². The Kier molecular flexibility index (Phi) is 8.70. The van der Waals surface area contributed by atoms with Crippen molar-refractivity contribution < 1.29 is 28.6 Å². The van der Waals surface area contributed by atoms with Crippen LogP contribution in [0.2, 0.25) is 0 Å². The van der Waals surface area contributed by atoms with E-state index < -0.39 is 6.04 Å². The minimum atomic E-state index is -0.567. The van der Waals surface area contributed by atoms with Crippen molar-refractivity contribution in [1.29, 1.82) is 0 Å². The van der Waals surface area contributed by atoms with Gasteiger partial charge in [-0.15, -0.1) is 0 Å². The summed E-state index contributed by atoms with van der Waals surface area (Å²) in [4.78, 5) is 37.7. The van der Waals surface area contributed by atoms with Crippen LogP contribution >= 0.6 is 15.9 Å². The molecule has 0 N–H and O–H groups in total. The first kappa shape index (κ1) is 22.9. The average Bonchev–Trinajstić information content (AvgIpc) is 2.75. The third-order valence-corrected chi connectivity index (χ3v) is 5.23. The summed E-state index contributed by atoms with van der Waals surface area (Å²) in [6.07, 6.45) is 0.853. The quantitative estimate of drug-likeness (QED) is 0.329. The van der Waals surface area contributed by atoms with Gasteiger partial charge in [-0.2, -0.15) is 0 Å². The Labute approximate surface area is 179 Å². The maximum atomic E-state index is 12.5. The molecule has 0 saturated carbocycles. The molecule has 0 aliphatic carbocycles. The molecule has 1 aromatic rings. The van der Waals surface area contributed by atoms with Crippen molar-refractivity contribution >= 4 is 39.5 Å². The minimum Gasteiger partial charge on any atom is -0.467 e. The normalized spacial score (nSPS) is 16.4. The molecule has 29 heavy (non-hydrogen) atoms.